The lowest BCUT2D eigenvalue weighted by Gasteiger charge is -2.38. The third kappa shape index (κ3) is 6.82. The van der Waals surface area contributed by atoms with Gasteiger partial charge in [0.15, 0.2) is 11.6 Å². The van der Waals surface area contributed by atoms with Crippen molar-refractivity contribution in [1.82, 2.24) is 0 Å². The zero-order valence-electron chi connectivity index (χ0n) is 21.5. The van der Waals surface area contributed by atoms with Crippen LogP contribution < -0.4 is 0 Å². The van der Waals surface area contributed by atoms with Crippen molar-refractivity contribution < 1.29 is 19.4 Å². The number of methoxy groups -OCH3 is 1. The summed E-state index contributed by atoms with van der Waals surface area (Å²) >= 11 is 0. The average molecular weight is 443 g/mol. The van der Waals surface area contributed by atoms with Gasteiger partial charge >= 0.3 is 0 Å². The molecular weight excluding hydrogens is 400 g/mol. The zero-order valence-corrected chi connectivity index (χ0v) is 21.5. The van der Waals surface area contributed by atoms with Gasteiger partial charge in [-0.3, -0.25) is 9.59 Å². The Morgan fingerprint density at radius 1 is 0.969 bits per heavy atom. The first-order valence-corrected chi connectivity index (χ1v) is 11.6. The summed E-state index contributed by atoms with van der Waals surface area (Å²) in [6.07, 6.45) is 8.16. The largest absolute Gasteiger partial charge is 0.507 e. The van der Waals surface area contributed by atoms with Crippen LogP contribution in [-0.2, 0) is 14.3 Å². The average Bonchev–Trinajstić information content (AvgIpc) is 2.69. The maximum atomic E-state index is 14.0. The van der Waals surface area contributed by atoms with Gasteiger partial charge in [0.05, 0.1) is 12.5 Å². The molecule has 0 saturated carbocycles. The number of carbonyl (C=O) groups excluding carboxylic acids is 2. The summed E-state index contributed by atoms with van der Waals surface area (Å²) in [6, 6.07) is 0. The second-order valence-corrected chi connectivity index (χ2v) is 9.96. The highest BCUT2D eigenvalue weighted by Crippen LogP contribution is 2.48. The van der Waals surface area contributed by atoms with Gasteiger partial charge in [0.25, 0.3) is 0 Å². The number of carbonyl (C=O) groups is 2. The highest BCUT2D eigenvalue weighted by atomic mass is 16.5. The van der Waals surface area contributed by atoms with Crippen molar-refractivity contribution in [2.24, 2.45) is 11.3 Å². The van der Waals surface area contributed by atoms with E-state index in [1.165, 1.54) is 0 Å². The second-order valence-electron chi connectivity index (χ2n) is 9.96. The molecule has 0 atom stereocenters. The highest BCUT2D eigenvalue weighted by molar-refractivity contribution is 6.24. The number of aliphatic hydroxyl groups is 1. The van der Waals surface area contributed by atoms with Crippen molar-refractivity contribution in [1.29, 1.82) is 0 Å². The third-order valence-electron chi connectivity index (χ3n) is 5.76. The molecule has 0 aromatic rings. The fourth-order valence-corrected chi connectivity index (χ4v) is 3.83. The molecule has 178 valence electrons. The van der Waals surface area contributed by atoms with E-state index in [1.807, 2.05) is 73.6 Å². The van der Waals surface area contributed by atoms with E-state index in [0.29, 0.717) is 42.9 Å². The number of ether oxygens (including phenoxy) is 1. The molecule has 1 aliphatic rings. The van der Waals surface area contributed by atoms with Crippen molar-refractivity contribution in [2.75, 3.05) is 7.11 Å². The molecule has 0 aromatic heterocycles. The maximum Gasteiger partial charge on any atom is 0.184 e. The Morgan fingerprint density at radius 3 is 1.88 bits per heavy atom. The zero-order chi connectivity index (χ0) is 24.6. The SMILES string of the molecule is COC1=C(CC=C(C)C)C(O)=C(C(=O)CCC(C)C)C(=O)C1(CC=C(C)C)CC=C(C)C. The van der Waals surface area contributed by atoms with Gasteiger partial charge in [0.1, 0.15) is 17.1 Å². The van der Waals surface area contributed by atoms with Crippen molar-refractivity contribution >= 4 is 11.6 Å². The van der Waals surface area contributed by atoms with E-state index < -0.39 is 5.41 Å². The van der Waals surface area contributed by atoms with Crippen LogP contribution in [-0.4, -0.2) is 23.8 Å². The van der Waals surface area contributed by atoms with Crippen LogP contribution in [0.3, 0.4) is 0 Å². The van der Waals surface area contributed by atoms with E-state index in [9.17, 15) is 14.7 Å². The van der Waals surface area contributed by atoms with Gasteiger partial charge < -0.3 is 9.84 Å². The number of aliphatic hydroxyl groups excluding tert-OH is 1. The minimum atomic E-state index is -1.05. The Kier molecular flexibility index (Phi) is 10.4. The van der Waals surface area contributed by atoms with Gasteiger partial charge in [-0.05, 0) is 73.1 Å². The fraction of sp³-hybridized carbons (Fsp3) is 0.571. The molecule has 0 unspecified atom stereocenters. The predicted octanol–water partition coefficient (Wildman–Crippen LogP) is 7.34. The predicted molar refractivity (Wildman–Crippen MR) is 132 cm³/mol. The summed E-state index contributed by atoms with van der Waals surface area (Å²) in [6.45, 7) is 16.0. The highest BCUT2D eigenvalue weighted by Gasteiger charge is 2.50. The standard InChI is InChI=1S/C28H42O4/c1-18(2)10-12-22-25(30)24(23(29)13-11-19(3)4)26(31)28(27(22)32-9,16-14-20(5)6)17-15-21(7)8/h10,14-15,19,30H,11-13,16-17H2,1-9H3. The molecule has 1 aliphatic carbocycles. The van der Waals surface area contributed by atoms with Crippen molar-refractivity contribution in [2.45, 2.75) is 87.5 Å². The van der Waals surface area contributed by atoms with Crippen LogP contribution in [0.15, 0.2) is 57.6 Å². The number of Topliss-reactive ketones (excluding diaryl/α,β-unsaturated/α-hetero) is 2. The fourth-order valence-electron chi connectivity index (χ4n) is 3.83. The third-order valence-corrected chi connectivity index (χ3v) is 5.76. The van der Waals surface area contributed by atoms with Crippen molar-refractivity contribution in [3.63, 3.8) is 0 Å². The lowest BCUT2D eigenvalue weighted by molar-refractivity contribution is -0.128. The van der Waals surface area contributed by atoms with Crippen molar-refractivity contribution in [3.05, 3.63) is 57.6 Å². The molecule has 0 aliphatic heterocycles. The Labute approximate surface area is 194 Å². The lowest BCUT2D eigenvalue weighted by atomic mass is 9.66. The molecule has 4 heteroatoms. The van der Waals surface area contributed by atoms with Crippen LogP contribution in [0.1, 0.15) is 87.5 Å². The molecule has 0 amide bonds. The molecule has 1 rings (SSSR count). The monoisotopic (exact) mass is 442 g/mol. The topological polar surface area (TPSA) is 63.6 Å². The summed E-state index contributed by atoms with van der Waals surface area (Å²) in [5.74, 6) is -0.0471. The maximum absolute atomic E-state index is 14.0. The van der Waals surface area contributed by atoms with Crippen molar-refractivity contribution in [3.8, 4) is 0 Å². The molecule has 4 nitrogen and oxygen atoms in total. The first-order valence-electron chi connectivity index (χ1n) is 11.6. The van der Waals surface area contributed by atoms with E-state index in [0.717, 1.165) is 16.7 Å². The van der Waals surface area contributed by atoms with Gasteiger partial charge in [-0.1, -0.05) is 48.8 Å². The number of ketones is 2. The van der Waals surface area contributed by atoms with Gasteiger partial charge in [0.2, 0.25) is 0 Å². The van der Waals surface area contributed by atoms with Gasteiger partial charge in [0, 0.05) is 12.0 Å². The molecule has 1 N–H and O–H groups in total. The Hall–Kier alpha value is -2.36. The lowest BCUT2D eigenvalue weighted by Crippen LogP contribution is -2.41. The number of allylic oxidation sites excluding steroid dienone is 9. The van der Waals surface area contributed by atoms with Crippen LogP contribution in [0, 0.1) is 11.3 Å². The first kappa shape index (κ1) is 27.7. The summed E-state index contributed by atoms with van der Waals surface area (Å²) in [4.78, 5) is 27.2. The second kappa shape index (κ2) is 12.0. The minimum absolute atomic E-state index is 0.0621. The minimum Gasteiger partial charge on any atom is -0.507 e. The molecular formula is C28H42O4. The number of hydrogen-bond donors (Lipinski definition) is 1. The molecule has 0 fully saturated rings. The summed E-state index contributed by atoms with van der Waals surface area (Å²) < 4.78 is 5.85. The quantitative estimate of drug-likeness (QED) is 0.268. The molecule has 0 saturated heterocycles. The van der Waals surface area contributed by atoms with Gasteiger partial charge in [-0.15, -0.1) is 0 Å². The first-order chi connectivity index (χ1) is 14.9. The van der Waals surface area contributed by atoms with Crippen LogP contribution in [0.5, 0.6) is 0 Å². The summed E-state index contributed by atoms with van der Waals surface area (Å²) in [7, 11) is 1.55. The van der Waals surface area contributed by atoms with E-state index >= 15 is 0 Å². The van der Waals surface area contributed by atoms with Gasteiger partial charge in [-0.25, -0.2) is 0 Å². The van der Waals surface area contributed by atoms with E-state index in [2.05, 4.69) is 0 Å². The molecule has 32 heavy (non-hydrogen) atoms. The van der Waals surface area contributed by atoms with Crippen LogP contribution in [0.4, 0.5) is 0 Å². The molecule has 0 bridgehead atoms. The number of hydrogen-bond acceptors (Lipinski definition) is 4. The Bertz CT molecular complexity index is 843. The summed E-state index contributed by atoms with van der Waals surface area (Å²) in [5.41, 5.74) is 2.68. The summed E-state index contributed by atoms with van der Waals surface area (Å²) in [5, 5.41) is 11.2. The van der Waals surface area contributed by atoms with E-state index in [-0.39, 0.29) is 29.3 Å². The Morgan fingerprint density at radius 2 is 1.47 bits per heavy atom. The molecule has 0 radical (unpaired) electrons. The van der Waals surface area contributed by atoms with Crippen LogP contribution in [0.25, 0.3) is 0 Å². The molecule has 0 aromatic carbocycles. The van der Waals surface area contributed by atoms with Gasteiger partial charge in [-0.2, -0.15) is 0 Å². The number of rotatable bonds is 11. The van der Waals surface area contributed by atoms with Crippen LogP contribution >= 0.6 is 0 Å². The smallest absolute Gasteiger partial charge is 0.184 e. The molecule has 0 heterocycles. The van der Waals surface area contributed by atoms with E-state index in [4.69, 9.17) is 4.74 Å². The Balaban J connectivity index is 3.86. The van der Waals surface area contributed by atoms with E-state index in [1.54, 1.807) is 7.11 Å². The molecule has 0 spiro atoms. The van der Waals surface area contributed by atoms with Crippen LogP contribution in [0.2, 0.25) is 0 Å². The normalized spacial score (nSPS) is 15.6.